The van der Waals surface area contributed by atoms with Gasteiger partial charge >= 0.3 is 0 Å². The van der Waals surface area contributed by atoms with Gasteiger partial charge in [0.1, 0.15) is 5.82 Å². The highest BCUT2D eigenvalue weighted by atomic mass is 15.2. The number of anilines is 1. The molecule has 0 aliphatic heterocycles. The highest BCUT2D eigenvalue weighted by Gasteiger charge is 2.20. The van der Waals surface area contributed by atoms with Gasteiger partial charge in [0.05, 0.1) is 5.52 Å². The van der Waals surface area contributed by atoms with Crippen LogP contribution >= 0.6 is 0 Å². The molecule has 3 rings (SSSR count). The summed E-state index contributed by atoms with van der Waals surface area (Å²) in [5, 5.41) is 11.2. The fourth-order valence-electron chi connectivity index (χ4n) is 2.40. The normalized spacial score (nSPS) is 14.7. The van der Waals surface area contributed by atoms with E-state index >= 15 is 0 Å². The Balaban J connectivity index is 1.46. The minimum absolute atomic E-state index is 0.805. The average molecular weight is 311 g/mol. The number of nitrogens with one attached hydrogen (secondary N) is 3. The standard InChI is InChI=1S/C18H25N5/c1-2-19-18(22-13-14-7-8-14)21-12-11-20-17-10-9-15-5-3-4-6-16(15)23-17/h3-6,9-10,14H,2,7-8,11-13H2,1H3,(H,20,23)(H2,19,21,22). The quantitative estimate of drug-likeness (QED) is 0.418. The molecule has 1 fully saturated rings. The van der Waals surface area contributed by atoms with Crippen LogP contribution in [0.5, 0.6) is 0 Å². The molecule has 23 heavy (non-hydrogen) atoms. The lowest BCUT2D eigenvalue weighted by molar-refractivity contribution is 0.788. The zero-order chi connectivity index (χ0) is 15.9. The number of guanidine groups is 1. The molecule has 1 aliphatic rings. The monoisotopic (exact) mass is 311 g/mol. The fourth-order valence-corrected chi connectivity index (χ4v) is 2.40. The first kappa shape index (κ1) is 15.6. The second-order valence-corrected chi connectivity index (χ2v) is 5.91. The predicted octanol–water partition coefficient (Wildman–Crippen LogP) is 2.61. The summed E-state index contributed by atoms with van der Waals surface area (Å²) < 4.78 is 0. The number of hydrogen-bond donors (Lipinski definition) is 3. The molecule has 0 atom stereocenters. The Morgan fingerprint density at radius 3 is 2.83 bits per heavy atom. The smallest absolute Gasteiger partial charge is 0.191 e. The molecule has 2 aromatic rings. The lowest BCUT2D eigenvalue weighted by Crippen LogP contribution is -2.39. The van der Waals surface area contributed by atoms with Gasteiger partial charge in [-0.1, -0.05) is 18.2 Å². The molecule has 0 saturated heterocycles. The van der Waals surface area contributed by atoms with Crippen molar-refractivity contribution in [1.82, 2.24) is 15.6 Å². The van der Waals surface area contributed by atoms with E-state index in [1.807, 2.05) is 24.3 Å². The third kappa shape index (κ3) is 4.84. The Hall–Kier alpha value is -2.30. The first-order chi connectivity index (χ1) is 11.3. The zero-order valence-electron chi connectivity index (χ0n) is 13.7. The van der Waals surface area contributed by atoms with Crippen molar-refractivity contribution in [2.45, 2.75) is 19.8 Å². The molecule has 1 heterocycles. The highest BCUT2D eigenvalue weighted by molar-refractivity contribution is 5.80. The van der Waals surface area contributed by atoms with Gasteiger partial charge in [-0.25, -0.2) is 4.98 Å². The average Bonchev–Trinajstić information content (AvgIpc) is 3.40. The van der Waals surface area contributed by atoms with Crippen LogP contribution in [-0.4, -0.2) is 37.1 Å². The molecule has 122 valence electrons. The third-order valence-corrected chi connectivity index (χ3v) is 3.87. The number of para-hydroxylation sites is 1. The highest BCUT2D eigenvalue weighted by Crippen LogP contribution is 2.28. The molecular weight excluding hydrogens is 286 g/mol. The molecule has 3 N–H and O–H groups in total. The lowest BCUT2D eigenvalue weighted by atomic mass is 10.2. The van der Waals surface area contributed by atoms with E-state index in [9.17, 15) is 0 Å². The van der Waals surface area contributed by atoms with Crippen molar-refractivity contribution >= 4 is 22.7 Å². The Kier molecular flexibility index (Phi) is 5.29. The first-order valence-electron chi connectivity index (χ1n) is 8.47. The molecule has 0 unspecified atom stereocenters. The van der Waals surface area contributed by atoms with Gasteiger partial charge in [-0.3, -0.25) is 4.99 Å². The van der Waals surface area contributed by atoms with Crippen LogP contribution in [0.3, 0.4) is 0 Å². The van der Waals surface area contributed by atoms with Gasteiger partial charge in [-0.15, -0.1) is 0 Å². The second-order valence-electron chi connectivity index (χ2n) is 5.91. The largest absolute Gasteiger partial charge is 0.368 e. The molecule has 0 bridgehead atoms. The summed E-state index contributed by atoms with van der Waals surface area (Å²) in [5.74, 6) is 2.63. The van der Waals surface area contributed by atoms with E-state index in [0.717, 1.165) is 54.8 Å². The molecule has 1 aromatic heterocycles. The topological polar surface area (TPSA) is 61.3 Å². The minimum Gasteiger partial charge on any atom is -0.368 e. The Labute approximate surface area is 137 Å². The number of rotatable bonds is 7. The van der Waals surface area contributed by atoms with Crippen molar-refractivity contribution in [2.24, 2.45) is 10.9 Å². The molecule has 1 aliphatic carbocycles. The summed E-state index contributed by atoms with van der Waals surface area (Å²) in [4.78, 5) is 9.22. The number of benzene rings is 1. The van der Waals surface area contributed by atoms with Crippen LogP contribution in [0.1, 0.15) is 19.8 Å². The van der Waals surface area contributed by atoms with E-state index in [1.165, 1.54) is 12.8 Å². The fraction of sp³-hybridized carbons (Fsp3) is 0.444. The lowest BCUT2D eigenvalue weighted by Gasteiger charge is -2.12. The van der Waals surface area contributed by atoms with Crippen LogP contribution in [-0.2, 0) is 0 Å². The first-order valence-corrected chi connectivity index (χ1v) is 8.47. The van der Waals surface area contributed by atoms with Crippen molar-refractivity contribution in [1.29, 1.82) is 0 Å². The Morgan fingerprint density at radius 2 is 2.00 bits per heavy atom. The summed E-state index contributed by atoms with van der Waals surface area (Å²) in [6, 6.07) is 12.3. The summed E-state index contributed by atoms with van der Waals surface area (Å²) >= 11 is 0. The van der Waals surface area contributed by atoms with Crippen molar-refractivity contribution in [3.05, 3.63) is 36.4 Å². The van der Waals surface area contributed by atoms with Crippen LogP contribution in [0.2, 0.25) is 0 Å². The molecule has 0 spiro atoms. The van der Waals surface area contributed by atoms with E-state index in [1.54, 1.807) is 0 Å². The molecule has 5 heteroatoms. The molecule has 0 radical (unpaired) electrons. The molecule has 0 amide bonds. The van der Waals surface area contributed by atoms with Gasteiger partial charge in [0.25, 0.3) is 0 Å². The second kappa shape index (κ2) is 7.81. The number of pyridine rings is 1. The maximum absolute atomic E-state index is 4.61. The van der Waals surface area contributed by atoms with Gasteiger partial charge in [0, 0.05) is 31.6 Å². The van der Waals surface area contributed by atoms with Crippen LogP contribution in [0, 0.1) is 5.92 Å². The third-order valence-electron chi connectivity index (χ3n) is 3.87. The van der Waals surface area contributed by atoms with Crippen molar-refractivity contribution in [2.75, 3.05) is 31.5 Å². The van der Waals surface area contributed by atoms with E-state index in [4.69, 9.17) is 0 Å². The number of hydrogen-bond acceptors (Lipinski definition) is 3. The molecule has 1 aromatic carbocycles. The van der Waals surface area contributed by atoms with Gasteiger partial charge in [-0.2, -0.15) is 0 Å². The van der Waals surface area contributed by atoms with E-state index in [2.05, 4.69) is 45.0 Å². The van der Waals surface area contributed by atoms with Crippen LogP contribution < -0.4 is 16.0 Å². The number of aliphatic imine (C=N–C) groups is 1. The van der Waals surface area contributed by atoms with E-state index in [-0.39, 0.29) is 0 Å². The van der Waals surface area contributed by atoms with Gasteiger partial charge in [-0.05, 0) is 43.9 Å². The summed E-state index contributed by atoms with van der Waals surface area (Å²) in [5.41, 5.74) is 1.02. The SMILES string of the molecule is CCNC(=NCC1CC1)NCCNc1ccc2ccccc2n1. The number of fused-ring (bicyclic) bond motifs is 1. The summed E-state index contributed by atoms with van der Waals surface area (Å²) in [6.45, 7) is 5.53. The van der Waals surface area contributed by atoms with Crippen molar-refractivity contribution in [3.63, 3.8) is 0 Å². The molecular formula is C18H25N5. The van der Waals surface area contributed by atoms with Crippen molar-refractivity contribution < 1.29 is 0 Å². The summed E-state index contributed by atoms with van der Waals surface area (Å²) in [6.07, 6.45) is 2.66. The van der Waals surface area contributed by atoms with Crippen LogP contribution in [0.15, 0.2) is 41.4 Å². The maximum Gasteiger partial charge on any atom is 0.191 e. The van der Waals surface area contributed by atoms with Gasteiger partial charge in [0.2, 0.25) is 0 Å². The number of aromatic nitrogens is 1. The number of nitrogens with zero attached hydrogens (tertiary/aromatic N) is 2. The molecule has 1 saturated carbocycles. The maximum atomic E-state index is 4.61. The van der Waals surface area contributed by atoms with E-state index in [0.29, 0.717) is 0 Å². The molecule has 5 nitrogen and oxygen atoms in total. The zero-order valence-corrected chi connectivity index (χ0v) is 13.7. The van der Waals surface area contributed by atoms with Gasteiger partial charge < -0.3 is 16.0 Å². The van der Waals surface area contributed by atoms with Crippen LogP contribution in [0.25, 0.3) is 10.9 Å². The predicted molar refractivity (Wildman–Crippen MR) is 96.9 cm³/mol. The summed E-state index contributed by atoms with van der Waals surface area (Å²) in [7, 11) is 0. The Morgan fingerprint density at radius 1 is 1.13 bits per heavy atom. The minimum atomic E-state index is 0.805. The van der Waals surface area contributed by atoms with Gasteiger partial charge in [0.15, 0.2) is 5.96 Å². The van der Waals surface area contributed by atoms with E-state index < -0.39 is 0 Å². The van der Waals surface area contributed by atoms with Crippen LogP contribution in [0.4, 0.5) is 5.82 Å². The van der Waals surface area contributed by atoms with Crippen molar-refractivity contribution in [3.8, 4) is 0 Å². The Bertz CT molecular complexity index is 663.